The molecule has 0 aromatic carbocycles. The molecular weight excluding hydrogens is 450 g/mol. The van der Waals surface area contributed by atoms with E-state index in [1.165, 1.54) is 0 Å². The van der Waals surface area contributed by atoms with Crippen LogP contribution in [-0.2, 0) is 19.1 Å². The SMILES string of the molecule is CC(I)CCC(=O)OCOC(=O)CCC(C)I. The monoisotopic (exact) mass is 468 g/mol. The fourth-order valence-corrected chi connectivity index (χ4v) is 1.56. The summed E-state index contributed by atoms with van der Waals surface area (Å²) in [6.45, 7) is 3.79. The normalized spacial score (nSPS) is 13.9. The summed E-state index contributed by atoms with van der Waals surface area (Å²) in [5.41, 5.74) is 0. The van der Waals surface area contributed by atoms with Crippen molar-refractivity contribution in [1.29, 1.82) is 0 Å². The number of rotatable bonds is 8. The molecule has 2 unspecified atom stereocenters. The molecule has 17 heavy (non-hydrogen) atoms. The number of alkyl halides is 2. The van der Waals surface area contributed by atoms with Crippen LogP contribution < -0.4 is 0 Å². The zero-order valence-corrected chi connectivity index (χ0v) is 14.4. The zero-order chi connectivity index (χ0) is 13.3. The first-order valence-electron chi connectivity index (χ1n) is 5.51. The first kappa shape index (κ1) is 17.4. The summed E-state index contributed by atoms with van der Waals surface area (Å²) in [7, 11) is 0. The number of carbonyl (C=O) groups excluding carboxylic acids is 2. The van der Waals surface area contributed by atoms with Gasteiger partial charge in [0.2, 0.25) is 6.79 Å². The molecule has 0 radical (unpaired) electrons. The van der Waals surface area contributed by atoms with Crippen molar-refractivity contribution in [2.45, 2.75) is 47.4 Å². The highest BCUT2D eigenvalue weighted by atomic mass is 127. The van der Waals surface area contributed by atoms with Crippen LogP contribution in [0.2, 0.25) is 0 Å². The Morgan fingerprint density at radius 1 is 0.941 bits per heavy atom. The van der Waals surface area contributed by atoms with Crippen LogP contribution in [0.15, 0.2) is 0 Å². The lowest BCUT2D eigenvalue weighted by atomic mass is 10.2. The minimum absolute atomic E-state index is 0.261. The molecule has 0 rings (SSSR count). The van der Waals surface area contributed by atoms with Gasteiger partial charge in [-0.1, -0.05) is 59.0 Å². The predicted octanol–water partition coefficient (Wildman–Crippen LogP) is 3.24. The van der Waals surface area contributed by atoms with E-state index in [1.807, 2.05) is 13.8 Å². The molecule has 2 atom stereocenters. The van der Waals surface area contributed by atoms with E-state index in [2.05, 4.69) is 45.2 Å². The van der Waals surface area contributed by atoms with Crippen LogP contribution in [0.1, 0.15) is 39.5 Å². The second-order valence-electron chi connectivity index (χ2n) is 3.79. The van der Waals surface area contributed by atoms with Crippen LogP contribution in [0.3, 0.4) is 0 Å². The molecule has 0 heterocycles. The fraction of sp³-hybridized carbons (Fsp3) is 0.818. The van der Waals surface area contributed by atoms with E-state index in [1.54, 1.807) is 0 Å². The Morgan fingerprint density at radius 3 is 1.59 bits per heavy atom. The molecule has 0 aromatic rings. The highest BCUT2D eigenvalue weighted by Crippen LogP contribution is 2.09. The Kier molecular flexibility index (Phi) is 10.6. The number of hydrogen-bond donors (Lipinski definition) is 0. The number of esters is 2. The fourth-order valence-electron chi connectivity index (χ4n) is 0.939. The molecule has 0 aliphatic carbocycles. The van der Waals surface area contributed by atoms with Crippen molar-refractivity contribution < 1.29 is 19.1 Å². The van der Waals surface area contributed by atoms with Crippen molar-refractivity contribution in [2.75, 3.05) is 6.79 Å². The van der Waals surface area contributed by atoms with E-state index in [4.69, 9.17) is 9.47 Å². The van der Waals surface area contributed by atoms with Gasteiger partial charge in [-0.05, 0) is 12.8 Å². The Labute approximate surface area is 129 Å². The lowest BCUT2D eigenvalue weighted by Gasteiger charge is -2.07. The van der Waals surface area contributed by atoms with Gasteiger partial charge in [0, 0.05) is 20.7 Å². The highest BCUT2D eigenvalue weighted by molar-refractivity contribution is 14.1. The van der Waals surface area contributed by atoms with E-state index < -0.39 is 0 Å². The first-order valence-corrected chi connectivity index (χ1v) is 8.00. The van der Waals surface area contributed by atoms with E-state index in [0.29, 0.717) is 20.7 Å². The van der Waals surface area contributed by atoms with E-state index >= 15 is 0 Å². The minimum Gasteiger partial charge on any atom is -0.428 e. The first-order chi connectivity index (χ1) is 7.91. The molecular formula is C11H18I2O4. The molecule has 0 saturated heterocycles. The second-order valence-corrected chi connectivity index (χ2v) is 8.04. The van der Waals surface area contributed by atoms with E-state index in [9.17, 15) is 9.59 Å². The van der Waals surface area contributed by atoms with Gasteiger partial charge >= 0.3 is 11.9 Å². The molecule has 0 aliphatic heterocycles. The molecule has 0 saturated carbocycles. The van der Waals surface area contributed by atoms with Gasteiger partial charge in [-0.25, -0.2) is 0 Å². The largest absolute Gasteiger partial charge is 0.428 e. The third kappa shape index (κ3) is 12.6. The topological polar surface area (TPSA) is 52.6 Å². The van der Waals surface area contributed by atoms with Gasteiger partial charge in [0.15, 0.2) is 0 Å². The van der Waals surface area contributed by atoms with Gasteiger partial charge in [0.25, 0.3) is 0 Å². The lowest BCUT2D eigenvalue weighted by Crippen LogP contribution is -2.13. The lowest BCUT2D eigenvalue weighted by molar-refractivity contribution is -0.167. The smallest absolute Gasteiger partial charge is 0.308 e. The van der Waals surface area contributed by atoms with Gasteiger partial charge in [-0.15, -0.1) is 0 Å². The highest BCUT2D eigenvalue weighted by Gasteiger charge is 2.08. The molecule has 0 amide bonds. The molecule has 0 spiro atoms. The number of hydrogen-bond acceptors (Lipinski definition) is 4. The summed E-state index contributed by atoms with van der Waals surface area (Å²) >= 11 is 4.49. The number of halogens is 2. The molecule has 0 aliphatic rings. The summed E-state index contributed by atoms with van der Waals surface area (Å²) in [6, 6.07) is 0. The quantitative estimate of drug-likeness (QED) is 0.238. The molecule has 0 fully saturated rings. The Morgan fingerprint density at radius 2 is 1.29 bits per heavy atom. The van der Waals surface area contributed by atoms with Gasteiger partial charge in [-0.3, -0.25) is 9.59 Å². The molecule has 0 aromatic heterocycles. The van der Waals surface area contributed by atoms with Gasteiger partial charge in [-0.2, -0.15) is 0 Å². The van der Waals surface area contributed by atoms with Gasteiger partial charge in [0.1, 0.15) is 0 Å². The maximum atomic E-state index is 11.2. The molecule has 0 N–H and O–H groups in total. The van der Waals surface area contributed by atoms with Crippen LogP contribution >= 0.6 is 45.2 Å². The number of ether oxygens (including phenoxy) is 2. The van der Waals surface area contributed by atoms with Crippen LogP contribution in [0.25, 0.3) is 0 Å². The van der Waals surface area contributed by atoms with Crippen LogP contribution in [0, 0.1) is 0 Å². The summed E-state index contributed by atoms with van der Waals surface area (Å²) in [4.78, 5) is 22.4. The standard InChI is InChI=1S/C11H18I2O4/c1-8(12)3-5-10(14)16-7-17-11(15)6-4-9(2)13/h8-9H,3-7H2,1-2H3. The minimum atomic E-state index is -0.316. The second kappa shape index (κ2) is 10.3. The Hall–Kier alpha value is 0.400. The van der Waals surface area contributed by atoms with Crippen molar-refractivity contribution in [1.82, 2.24) is 0 Å². The Balaban J connectivity index is 3.49. The molecule has 100 valence electrons. The average molecular weight is 468 g/mol. The van der Waals surface area contributed by atoms with Crippen molar-refractivity contribution >= 4 is 57.1 Å². The van der Waals surface area contributed by atoms with Crippen LogP contribution in [0.4, 0.5) is 0 Å². The maximum absolute atomic E-state index is 11.2. The average Bonchev–Trinajstić information content (AvgIpc) is 2.23. The van der Waals surface area contributed by atoms with Crippen molar-refractivity contribution in [3.8, 4) is 0 Å². The van der Waals surface area contributed by atoms with Crippen LogP contribution in [-0.4, -0.2) is 26.6 Å². The van der Waals surface area contributed by atoms with Gasteiger partial charge in [0.05, 0.1) is 0 Å². The van der Waals surface area contributed by atoms with E-state index in [0.717, 1.165) is 12.8 Å². The van der Waals surface area contributed by atoms with Crippen molar-refractivity contribution in [2.24, 2.45) is 0 Å². The summed E-state index contributed by atoms with van der Waals surface area (Å²) in [6.07, 6.45) is 2.29. The summed E-state index contributed by atoms with van der Waals surface area (Å²) < 4.78 is 10.4. The van der Waals surface area contributed by atoms with Crippen molar-refractivity contribution in [3.63, 3.8) is 0 Å². The Bertz CT molecular complexity index is 218. The van der Waals surface area contributed by atoms with Crippen molar-refractivity contribution in [3.05, 3.63) is 0 Å². The van der Waals surface area contributed by atoms with E-state index in [-0.39, 0.29) is 18.7 Å². The summed E-state index contributed by atoms with van der Waals surface area (Å²) in [5, 5.41) is 0. The van der Waals surface area contributed by atoms with Gasteiger partial charge < -0.3 is 9.47 Å². The molecule has 0 bridgehead atoms. The number of carbonyl (C=O) groups is 2. The third-order valence-corrected chi connectivity index (χ3v) is 3.18. The third-order valence-electron chi connectivity index (χ3n) is 1.93. The van der Waals surface area contributed by atoms with Crippen LogP contribution in [0.5, 0.6) is 0 Å². The predicted molar refractivity (Wildman–Crippen MR) is 82.5 cm³/mol. The summed E-state index contributed by atoms with van der Waals surface area (Å²) in [5.74, 6) is -0.632. The zero-order valence-electron chi connectivity index (χ0n) is 10.1. The molecule has 6 heteroatoms. The molecule has 4 nitrogen and oxygen atoms in total. The maximum Gasteiger partial charge on any atom is 0.308 e.